The molecule has 0 aromatic heterocycles. The number of carbonyl (C=O) groups is 1. The number of rotatable bonds is 6. The summed E-state index contributed by atoms with van der Waals surface area (Å²) in [6.07, 6.45) is 0.423. The van der Waals surface area contributed by atoms with Crippen LogP contribution in [0.5, 0.6) is 0 Å². The number of oxime groups is 1. The van der Waals surface area contributed by atoms with Crippen molar-refractivity contribution in [2.24, 2.45) is 16.3 Å². The van der Waals surface area contributed by atoms with Crippen LogP contribution in [0.4, 0.5) is 5.69 Å². The Morgan fingerprint density at radius 1 is 1.55 bits per heavy atom. The number of nitrogens with two attached hydrogens (primary N) is 1. The minimum Gasteiger partial charge on any atom is -0.409 e. The second kappa shape index (κ2) is 6.91. The number of nitrogens with zero attached hydrogens (tertiary/aromatic N) is 1. The number of benzene rings is 1. The summed E-state index contributed by atoms with van der Waals surface area (Å²) in [5.74, 6) is -0.421. The molecule has 1 rings (SSSR count). The van der Waals surface area contributed by atoms with E-state index < -0.39 is 5.41 Å². The van der Waals surface area contributed by atoms with Crippen molar-refractivity contribution in [2.45, 2.75) is 26.9 Å². The van der Waals surface area contributed by atoms with Crippen molar-refractivity contribution in [3.63, 3.8) is 0 Å². The molecule has 0 aliphatic rings. The number of amidine groups is 1. The Balaban J connectivity index is 2.92. The topological polar surface area (TPSA) is 96.9 Å². The molecule has 0 aliphatic carbocycles. The maximum absolute atomic E-state index is 12.3. The lowest BCUT2D eigenvalue weighted by atomic mass is 9.85. The van der Waals surface area contributed by atoms with Crippen LogP contribution in [0.1, 0.15) is 25.8 Å². The maximum Gasteiger partial charge on any atom is 0.238 e. The van der Waals surface area contributed by atoms with Crippen molar-refractivity contribution < 1.29 is 14.7 Å². The standard InChI is InChI=1S/C14H21N3O3/c1-4-14(2,12(15)17-19)13(18)16-11-7-5-6-10(8-11)9-20-3/h5-8,19H,4,9H2,1-3H3,(H2,15,17)(H,16,18). The lowest BCUT2D eigenvalue weighted by Crippen LogP contribution is -2.44. The second-order valence-corrected chi connectivity index (χ2v) is 4.76. The van der Waals surface area contributed by atoms with Gasteiger partial charge < -0.3 is 21.0 Å². The first-order chi connectivity index (χ1) is 9.47. The predicted molar refractivity (Wildman–Crippen MR) is 77.6 cm³/mol. The third-order valence-electron chi connectivity index (χ3n) is 3.38. The first-order valence-electron chi connectivity index (χ1n) is 6.35. The van der Waals surface area contributed by atoms with Gasteiger partial charge in [0.25, 0.3) is 0 Å². The highest BCUT2D eigenvalue weighted by Gasteiger charge is 2.36. The van der Waals surface area contributed by atoms with Gasteiger partial charge >= 0.3 is 0 Å². The Labute approximate surface area is 118 Å². The molecule has 4 N–H and O–H groups in total. The monoisotopic (exact) mass is 279 g/mol. The largest absolute Gasteiger partial charge is 0.409 e. The lowest BCUT2D eigenvalue weighted by Gasteiger charge is -2.25. The highest BCUT2D eigenvalue weighted by molar-refractivity contribution is 6.11. The van der Waals surface area contributed by atoms with E-state index in [1.807, 2.05) is 18.2 Å². The summed E-state index contributed by atoms with van der Waals surface area (Å²) >= 11 is 0. The van der Waals surface area contributed by atoms with Crippen molar-refractivity contribution in [3.05, 3.63) is 29.8 Å². The van der Waals surface area contributed by atoms with Crippen LogP contribution < -0.4 is 11.1 Å². The van der Waals surface area contributed by atoms with E-state index in [2.05, 4.69) is 10.5 Å². The molecule has 0 radical (unpaired) electrons. The number of hydrogen-bond acceptors (Lipinski definition) is 4. The molecule has 0 saturated heterocycles. The average Bonchev–Trinajstić information content (AvgIpc) is 2.46. The number of hydrogen-bond donors (Lipinski definition) is 3. The number of anilines is 1. The average molecular weight is 279 g/mol. The predicted octanol–water partition coefficient (Wildman–Crippen LogP) is 1.93. The zero-order valence-electron chi connectivity index (χ0n) is 12.0. The molecule has 6 heteroatoms. The van der Waals surface area contributed by atoms with Gasteiger partial charge in [-0.15, -0.1) is 0 Å². The van der Waals surface area contributed by atoms with E-state index in [4.69, 9.17) is 15.7 Å². The summed E-state index contributed by atoms with van der Waals surface area (Å²) in [5.41, 5.74) is 6.16. The first kappa shape index (κ1) is 16.0. The van der Waals surface area contributed by atoms with Crippen LogP contribution in [0.25, 0.3) is 0 Å². The molecule has 0 aliphatic heterocycles. The van der Waals surface area contributed by atoms with Gasteiger partial charge in [-0.25, -0.2) is 0 Å². The van der Waals surface area contributed by atoms with Crippen molar-refractivity contribution >= 4 is 17.4 Å². The Hall–Kier alpha value is -2.08. The van der Waals surface area contributed by atoms with Crippen LogP contribution in [0.2, 0.25) is 0 Å². The molecular formula is C14H21N3O3. The van der Waals surface area contributed by atoms with Crippen LogP contribution in [-0.4, -0.2) is 24.1 Å². The molecule has 1 atom stereocenters. The van der Waals surface area contributed by atoms with Crippen molar-refractivity contribution in [2.75, 3.05) is 12.4 Å². The van der Waals surface area contributed by atoms with Gasteiger partial charge in [0.2, 0.25) is 5.91 Å². The third-order valence-corrected chi connectivity index (χ3v) is 3.38. The minimum absolute atomic E-state index is 0.106. The summed E-state index contributed by atoms with van der Waals surface area (Å²) < 4.78 is 5.05. The van der Waals surface area contributed by atoms with Crippen molar-refractivity contribution in [1.82, 2.24) is 0 Å². The molecule has 0 bridgehead atoms. The van der Waals surface area contributed by atoms with Crippen molar-refractivity contribution in [1.29, 1.82) is 0 Å². The number of nitrogens with one attached hydrogen (secondary N) is 1. The molecule has 0 saturated carbocycles. The summed E-state index contributed by atoms with van der Waals surface area (Å²) in [5, 5.41) is 14.5. The fourth-order valence-electron chi connectivity index (χ4n) is 1.74. The number of carbonyl (C=O) groups excluding carboxylic acids is 1. The highest BCUT2D eigenvalue weighted by Crippen LogP contribution is 2.24. The van der Waals surface area contributed by atoms with Gasteiger partial charge in [0.15, 0.2) is 5.84 Å². The fraction of sp³-hybridized carbons (Fsp3) is 0.429. The number of amides is 1. The van der Waals surface area contributed by atoms with E-state index in [0.717, 1.165) is 5.56 Å². The Morgan fingerprint density at radius 2 is 2.25 bits per heavy atom. The first-order valence-corrected chi connectivity index (χ1v) is 6.35. The second-order valence-electron chi connectivity index (χ2n) is 4.76. The van der Waals surface area contributed by atoms with Crippen LogP contribution >= 0.6 is 0 Å². The third kappa shape index (κ3) is 3.48. The van der Waals surface area contributed by atoms with E-state index >= 15 is 0 Å². The van der Waals surface area contributed by atoms with Crippen LogP contribution in [0.15, 0.2) is 29.4 Å². The minimum atomic E-state index is -1.05. The van der Waals surface area contributed by atoms with Gasteiger partial charge in [-0.05, 0) is 31.0 Å². The summed E-state index contributed by atoms with van der Waals surface area (Å²) in [6, 6.07) is 7.33. The van der Waals surface area contributed by atoms with E-state index in [1.54, 1.807) is 27.0 Å². The number of methoxy groups -OCH3 is 1. The maximum atomic E-state index is 12.3. The molecular weight excluding hydrogens is 258 g/mol. The quantitative estimate of drug-likeness (QED) is 0.321. The summed E-state index contributed by atoms with van der Waals surface area (Å²) in [6.45, 7) is 3.91. The molecule has 0 fully saturated rings. The van der Waals surface area contributed by atoms with Crippen LogP contribution in [0, 0.1) is 5.41 Å². The molecule has 110 valence electrons. The molecule has 1 amide bonds. The van der Waals surface area contributed by atoms with E-state index in [1.165, 1.54) is 0 Å². The molecule has 6 nitrogen and oxygen atoms in total. The number of ether oxygens (including phenoxy) is 1. The van der Waals surface area contributed by atoms with E-state index in [9.17, 15) is 4.79 Å². The van der Waals surface area contributed by atoms with Crippen molar-refractivity contribution in [3.8, 4) is 0 Å². The molecule has 1 aromatic rings. The Morgan fingerprint density at radius 3 is 2.80 bits per heavy atom. The van der Waals surface area contributed by atoms with Gasteiger partial charge in [-0.2, -0.15) is 0 Å². The van der Waals surface area contributed by atoms with E-state index in [-0.39, 0.29) is 11.7 Å². The van der Waals surface area contributed by atoms with Gasteiger partial charge in [0.1, 0.15) is 5.41 Å². The van der Waals surface area contributed by atoms with E-state index in [0.29, 0.717) is 18.7 Å². The molecule has 0 spiro atoms. The zero-order chi connectivity index (χ0) is 15.2. The molecule has 1 unspecified atom stereocenters. The zero-order valence-corrected chi connectivity index (χ0v) is 12.0. The highest BCUT2D eigenvalue weighted by atomic mass is 16.5. The lowest BCUT2D eigenvalue weighted by molar-refractivity contribution is -0.121. The molecule has 20 heavy (non-hydrogen) atoms. The SMILES string of the molecule is CCC(C)(C(=O)Nc1cccc(COC)c1)/C(N)=N/O. The molecule has 1 aromatic carbocycles. The van der Waals surface area contributed by atoms with Gasteiger partial charge in [0.05, 0.1) is 6.61 Å². The van der Waals surface area contributed by atoms with Crippen LogP contribution in [0.3, 0.4) is 0 Å². The van der Waals surface area contributed by atoms with Gasteiger partial charge in [-0.3, -0.25) is 4.79 Å². The molecule has 0 heterocycles. The summed E-state index contributed by atoms with van der Waals surface area (Å²) in [4.78, 5) is 12.3. The summed E-state index contributed by atoms with van der Waals surface area (Å²) in [7, 11) is 1.61. The normalized spacial score (nSPS) is 14.7. The van der Waals surface area contributed by atoms with Crippen LogP contribution in [-0.2, 0) is 16.1 Å². The van der Waals surface area contributed by atoms with Gasteiger partial charge in [0, 0.05) is 12.8 Å². The fourth-order valence-corrected chi connectivity index (χ4v) is 1.74. The Bertz CT molecular complexity index is 502. The Kier molecular flexibility index (Phi) is 5.52. The van der Waals surface area contributed by atoms with Gasteiger partial charge in [-0.1, -0.05) is 24.2 Å². The smallest absolute Gasteiger partial charge is 0.238 e.